The summed E-state index contributed by atoms with van der Waals surface area (Å²) in [6, 6.07) is 0.414. The minimum atomic E-state index is 0.414. The molecule has 2 heteroatoms. The molecule has 2 unspecified atom stereocenters. The van der Waals surface area contributed by atoms with Crippen molar-refractivity contribution in [1.82, 2.24) is 0 Å². The number of thioether (sulfide) groups is 1. The van der Waals surface area contributed by atoms with E-state index in [0.29, 0.717) is 12.0 Å². The van der Waals surface area contributed by atoms with Gasteiger partial charge in [-0.2, -0.15) is 11.8 Å². The SMILES string of the molecule is CCC(C)C(N)CCSC. The molecule has 0 spiro atoms. The molecule has 2 atom stereocenters. The molecule has 0 bridgehead atoms. The van der Waals surface area contributed by atoms with Crippen molar-refractivity contribution in [2.24, 2.45) is 11.7 Å². The lowest BCUT2D eigenvalue weighted by Gasteiger charge is -2.16. The zero-order valence-electron chi connectivity index (χ0n) is 7.26. The minimum Gasteiger partial charge on any atom is -0.327 e. The van der Waals surface area contributed by atoms with E-state index in [-0.39, 0.29) is 0 Å². The van der Waals surface area contributed by atoms with Gasteiger partial charge in [0.15, 0.2) is 0 Å². The highest BCUT2D eigenvalue weighted by molar-refractivity contribution is 7.98. The van der Waals surface area contributed by atoms with Gasteiger partial charge in [-0.1, -0.05) is 20.3 Å². The molecule has 0 aromatic heterocycles. The van der Waals surface area contributed by atoms with E-state index in [1.807, 2.05) is 11.8 Å². The van der Waals surface area contributed by atoms with Gasteiger partial charge in [-0.25, -0.2) is 0 Å². The van der Waals surface area contributed by atoms with Crippen molar-refractivity contribution in [2.45, 2.75) is 32.7 Å². The topological polar surface area (TPSA) is 26.0 Å². The van der Waals surface area contributed by atoms with E-state index in [2.05, 4.69) is 20.1 Å². The third-order valence-corrected chi connectivity index (χ3v) is 2.67. The molecule has 2 N–H and O–H groups in total. The second kappa shape index (κ2) is 6.05. The third-order valence-electron chi connectivity index (χ3n) is 2.03. The summed E-state index contributed by atoms with van der Waals surface area (Å²) in [5, 5.41) is 0. The maximum Gasteiger partial charge on any atom is 0.00722 e. The van der Waals surface area contributed by atoms with Crippen molar-refractivity contribution in [3.63, 3.8) is 0 Å². The van der Waals surface area contributed by atoms with Crippen molar-refractivity contribution >= 4 is 11.8 Å². The summed E-state index contributed by atoms with van der Waals surface area (Å²) < 4.78 is 0. The summed E-state index contributed by atoms with van der Waals surface area (Å²) in [5.41, 5.74) is 5.90. The van der Waals surface area contributed by atoms with E-state index in [0.717, 1.165) is 6.42 Å². The average Bonchev–Trinajstić information content (AvgIpc) is 1.98. The van der Waals surface area contributed by atoms with Gasteiger partial charge in [-0.05, 0) is 24.3 Å². The largest absolute Gasteiger partial charge is 0.327 e. The Hall–Kier alpha value is 0.310. The zero-order valence-corrected chi connectivity index (χ0v) is 8.08. The number of nitrogens with two attached hydrogens (primary N) is 1. The third kappa shape index (κ3) is 4.18. The predicted octanol–water partition coefficient (Wildman–Crippen LogP) is 2.11. The van der Waals surface area contributed by atoms with Crippen molar-refractivity contribution in [1.29, 1.82) is 0 Å². The van der Waals surface area contributed by atoms with Crippen LogP contribution in [0.25, 0.3) is 0 Å². The molecule has 10 heavy (non-hydrogen) atoms. The van der Waals surface area contributed by atoms with Crippen LogP contribution in [0.3, 0.4) is 0 Å². The highest BCUT2D eigenvalue weighted by Gasteiger charge is 2.08. The number of rotatable bonds is 5. The molecule has 0 aliphatic heterocycles. The maximum atomic E-state index is 5.90. The first-order valence-corrected chi connectivity index (χ1v) is 5.36. The Bertz CT molecular complexity index is 75.7. The van der Waals surface area contributed by atoms with Crippen LogP contribution in [0, 0.1) is 5.92 Å². The molecule has 0 fully saturated rings. The van der Waals surface area contributed by atoms with Crippen molar-refractivity contribution in [3.8, 4) is 0 Å². The van der Waals surface area contributed by atoms with Crippen molar-refractivity contribution < 1.29 is 0 Å². The van der Waals surface area contributed by atoms with Gasteiger partial charge in [0.2, 0.25) is 0 Å². The highest BCUT2D eigenvalue weighted by Crippen LogP contribution is 2.10. The molecule has 0 amide bonds. The fourth-order valence-corrected chi connectivity index (χ4v) is 1.35. The number of hydrogen-bond donors (Lipinski definition) is 1. The molecule has 62 valence electrons. The zero-order chi connectivity index (χ0) is 7.98. The summed E-state index contributed by atoms with van der Waals surface area (Å²) in [6.45, 7) is 4.43. The van der Waals surface area contributed by atoms with Crippen LogP contribution in [-0.2, 0) is 0 Å². The Morgan fingerprint density at radius 2 is 2.10 bits per heavy atom. The van der Waals surface area contributed by atoms with E-state index in [1.165, 1.54) is 12.2 Å². The first-order chi connectivity index (χ1) is 4.72. The molecule has 0 aromatic carbocycles. The fourth-order valence-electron chi connectivity index (χ4n) is 0.841. The van der Waals surface area contributed by atoms with Crippen LogP contribution >= 0.6 is 11.8 Å². The molecule has 0 aliphatic rings. The molecule has 1 nitrogen and oxygen atoms in total. The van der Waals surface area contributed by atoms with E-state index < -0.39 is 0 Å². The van der Waals surface area contributed by atoms with Crippen LogP contribution in [-0.4, -0.2) is 18.1 Å². The van der Waals surface area contributed by atoms with Crippen molar-refractivity contribution in [2.75, 3.05) is 12.0 Å². The smallest absolute Gasteiger partial charge is 0.00722 e. The first kappa shape index (κ1) is 10.3. The molecule has 0 aliphatic carbocycles. The predicted molar refractivity (Wildman–Crippen MR) is 50.4 cm³/mol. The summed E-state index contributed by atoms with van der Waals surface area (Å²) in [6.07, 6.45) is 4.50. The standard InChI is InChI=1S/C8H19NS/c1-4-7(2)8(9)5-6-10-3/h7-8H,4-6,9H2,1-3H3. The van der Waals surface area contributed by atoms with Gasteiger partial charge in [-0.15, -0.1) is 0 Å². The lowest BCUT2D eigenvalue weighted by atomic mass is 9.98. The fraction of sp³-hybridized carbons (Fsp3) is 1.00. The summed E-state index contributed by atoms with van der Waals surface area (Å²) in [7, 11) is 0. The first-order valence-electron chi connectivity index (χ1n) is 3.96. The van der Waals surface area contributed by atoms with Gasteiger partial charge in [0, 0.05) is 6.04 Å². The second-order valence-electron chi connectivity index (χ2n) is 2.83. The van der Waals surface area contributed by atoms with Crippen LogP contribution in [0.4, 0.5) is 0 Å². The Labute approximate surface area is 68.8 Å². The Kier molecular flexibility index (Phi) is 6.24. The quantitative estimate of drug-likeness (QED) is 0.668. The van der Waals surface area contributed by atoms with E-state index in [1.54, 1.807) is 0 Å². The van der Waals surface area contributed by atoms with Crippen LogP contribution in [0.5, 0.6) is 0 Å². The maximum absolute atomic E-state index is 5.90. The molecule has 0 rings (SSSR count). The molecule has 0 saturated heterocycles. The van der Waals surface area contributed by atoms with Crippen LogP contribution in [0.2, 0.25) is 0 Å². The molecular weight excluding hydrogens is 142 g/mol. The van der Waals surface area contributed by atoms with Crippen LogP contribution in [0.1, 0.15) is 26.7 Å². The van der Waals surface area contributed by atoms with Gasteiger partial charge in [-0.3, -0.25) is 0 Å². The van der Waals surface area contributed by atoms with Gasteiger partial charge < -0.3 is 5.73 Å². The Morgan fingerprint density at radius 1 is 1.50 bits per heavy atom. The number of hydrogen-bond acceptors (Lipinski definition) is 2. The Balaban J connectivity index is 3.31. The normalized spacial score (nSPS) is 16.8. The van der Waals surface area contributed by atoms with Crippen LogP contribution < -0.4 is 5.73 Å². The van der Waals surface area contributed by atoms with E-state index in [4.69, 9.17) is 5.73 Å². The van der Waals surface area contributed by atoms with E-state index >= 15 is 0 Å². The van der Waals surface area contributed by atoms with E-state index in [9.17, 15) is 0 Å². The summed E-state index contributed by atoms with van der Waals surface area (Å²) in [4.78, 5) is 0. The van der Waals surface area contributed by atoms with Gasteiger partial charge in [0.25, 0.3) is 0 Å². The second-order valence-corrected chi connectivity index (χ2v) is 3.82. The van der Waals surface area contributed by atoms with Gasteiger partial charge >= 0.3 is 0 Å². The Morgan fingerprint density at radius 3 is 2.50 bits per heavy atom. The minimum absolute atomic E-state index is 0.414. The lowest BCUT2D eigenvalue weighted by Crippen LogP contribution is -2.28. The van der Waals surface area contributed by atoms with Crippen LogP contribution in [0.15, 0.2) is 0 Å². The summed E-state index contributed by atoms with van der Waals surface area (Å²) in [5.74, 6) is 1.89. The molecule has 0 radical (unpaired) electrons. The monoisotopic (exact) mass is 161 g/mol. The molecule has 0 aromatic rings. The average molecular weight is 161 g/mol. The van der Waals surface area contributed by atoms with Gasteiger partial charge in [0.05, 0.1) is 0 Å². The van der Waals surface area contributed by atoms with Crippen molar-refractivity contribution in [3.05, 3.63) is 0 Å². The lowest BCUT2D eigenvalue weighted by molar-refractivity contribution is 0.435. The molecule has 0 saturated carbocycles. The molecular formula is C8H19NS. The van der Waals surface area contributed by atoms with Gasteiger partial charge in [0.1, 0.15) is 0 Å². The molecule has 0 heterocycles. The summed E-state index contributed by atoms with van der Waals surface area (Å²) >= 11 is 1.88. The highest BCUT2D eigenvalue weighted by atomic mass is 32.2.